The summed E-state index contributed by atoms with van der Waals surface area (Å²) < 4.78 is 14.0. The van der Waals surface area contributed by atoms with E-state index in [0.717, 1.165) is 12.8 Å². The Labute approximate surface area is 143 Å². The number of halogens is 2. The number of carbonyl (C=O) groups is 2. The molecule has 126 valence electrons. The van der Waals surface area contributed by atoms with Crippen LogP contribution in [0.5, 0.6) is 0 Å². The Kier molecular flexibility index (Phi) is 6.12. The molecule has 1 atom stereocenters. The summed E-state index contributed by atoms with van der Waals surface area (Å²) in [5, 5.41) is 8.88. The van der Waals surface area contributed by atoms with Crippen molar-refractivity contribution in [1.29, 1.82) is 0 Å². The molecule has 2 rings (SSSR count). The number of nitrogens with zero attached hydrogens (tertiary/aromatic N) is 2. The summed E-state index contributed by atoms with van der Waals surface area (Å²) in [5.74, 6) is -1.49. The zero-order valence-corrected chi connectivity index (χ0v) is 14.6. The molecule has 1 fully saturated rings. The molecule has 5 nitrogen and oxygen atoms in total. The van der Waals surface area contributed by atoms with Crippen LogP contribution in [0.4, 0.5) is 4.39 Å². The Bertz CT molecular complexity index is 576. The lowest BCUT2D eigenvalue weighted by atomic mass is 10.1. The van der Waals surface area contributed by atoms with E-state index in [2.05, 4.69) is 15.9 Å². The normalized spacial score (nSPS) is 18.8. The molecule has 1 aromatic rings. The Morgan fingerprint density at radius 3 is 2.74 bits per heavy atom. The van der Waals surface area contributed by atoms with E-state index in [1.165, 1.54) is 12.1 Å². The van der Waals surface area contributed by atoms with E-state index in [-0.39, 0.29) is 18.5 Å². The first-order valence-electron chi connectivity index (χ1n) is 7.54. The van der Waals surface area contributed by atoms with Gasteiger partial charge >= 0.3 is 5.97 Å². The number of benzene rings is 1. The van der Waals surface area contributed by atoms with Crippen molar-refractivity contribution in [1.82, 2.24) is 9.80 Å². The molecule has 0 radical (unpaired) electrons. The highest BCUT2D eigenvalue weighted by Gasteiger charge is 2.24. The number of hydrogen-bond acceptors (Lipinski definition) is 3. The van der Waals surface area contributed by atoms with Gasteiger partial charge in [-0.15, -0.1) is 0 Å². The Morgan fingerprint density at radius 1 is 1.35 bits per heavy atom. The highest BCUT2D eigenvalue weighted by atomic mass is 79.9. The van der Waals surface area contributed by atoms with Crippen LogP contribution in [0, 0.1) is 5.82 Å². The fourth-order valence-corrected chi connectivity index (χ4v) is 3.39. The van der Waals surface area contributed by atoms with E-state index in [0.29, 0.717) is 29.5 Å². The van der Waals surface area contributed by atoms with Gasteiger partial charge in [0.2, 0.25) is 0 Å². The van der Waals surface area contributed by atoms with Crippen molar-refractivity contribution in [2.75, 3.05) is 26.7 Å². The average molecular weight is 387 g/mol. The van der Waals surface area contributed by atoms with Crippen LogP contribution in [0.25, 0.3) is 0 Å². The smallest absolute Gasteiger partial charge is 0.317 e. The van der Waals surface area contributed by atoms with Crippen molar-refractivity contribution < 1.29 is 19.1 Å². The molecule has 1 aliphatic rings. The van der Waals surface area contributed by atoms with E-state index in [9.17, 15) is 14.0 Å². The summed E-state index contributed by atoms with van der Waals surface area (Å²) in [6.45, 7) is 1.14. The topological polar surface area (TPSA) is 60.9 Å². The van der Waals surface area contributed by atoms with Crippen molar-refractivity contribution in [2.24, 2.45) is 0 Å². The van der Waals surface area contributed by atoms with Gasteiger partial charge in [-0.2, -0.15) is 0 Å². The van der Waals surface area contributed by atoms with Gasteiger partial charge in [-0.1, -0.05) is 15.9 Å². The first kappa shape index (κ1) is 17.9. The number of carbonyl (C=O) groups excluding carboxylic acids is 1. The van der Waals surface area contributed by atoms with Crippen molar-refractivity contribution in [2.45, 2.75) is 25.3 Å². The van der Waals surface area contributed by atoms with Gasteiger partial charge in [-0.05, 0) is 44.5 Å². The first-order chi connectivity index (χ1) is 10.9. The van der Waals surface area contributed by atoms with Crippen molar-refractivity contribution in [3.8, 4) is 0 Å². The van der Waals surface area contributed by atoms with Crippen LogP contribution in [0.2, 0.25) is 0 Å². The third kappa shape index (κ3) is 5.00. The van der Waals surface area contributed by atoms with Gasteiger partial charge in [0.25, 0.3) is 5.91 Å². The summed E-state index contributed by atoms with van der Waals surface area (Å²) in [6.07, 6.45) is 2.36. The van der Waals surface area contributed by atoms with E-state index in [1.54, 1.807) is 18.0 Å². The molecule has 0 saturated carbocycles. The maximum atomic E-state index is 13.5. The first-order valence-corrected chi connectivity index (χ1v) is 8.33. The summed E-state index contributed by atoms with van der Waals surface area (Å²) in [5.41, 5.74) is 0.328. The number of likely N-dealkylation sites (tertiary alicyclic amines) is 1. The van der Waals surface area contributed by atoms with Crippen LogP contribution >= 0.6 is 15.9 Å². The Hall–Kier alpha value is -1.47. The average Bonchev–Trinajstić information content (AvgIpc) is 2.70. The Morgan fingerprint density at radius 2 is 2.09 bits per heavy atom. The Balaban J connectivity index is 2.02. The second kappa shape index (κ2) is 7.88. The number of likely N-dealkylation sites (N-methyl/N-ethyl adjacent to an activating group) is 1. The highest BCUT2D eigenvalue weighted by molar-refractivity contribution is 9.10. The third-order valence-corrected chi connectivity index (χ3v) is 4.56. The van der Waals surface area contributed by atoms with Gasteiger partial charge in [0, 0.05) is 29.2 Å². The minimum Gasteiger partial charge on any atom is -0.480 e. The highest BCUT2D eigenvalue weighted by Crippen LogP contribution is 2.20. The molecule has 0 unspecified atom stereocenters. The zero-order chi connectivity index (χ0) is 17.0. The second-order valence-corrected chi connectivity index (χ2v) is 6.76. The molecule has 1 heterocycles. The quantitative estimate of drug-likeness (QED) is 0.863. The molecule has 0 aromatic heterocycles. The molecule has 0 bridgehead atoms. The number of rotatable bonds is 4. The number of hydrogen-bond donors (Lipinski definition) is 1. The van der Waals surface area contributed by atoms with Crippen LogP contribution in [0.15, 0.2) is 22.7 Å². The molecule has 7 heteroatoms. The summed E-state index contributed by atoms with van der Waals surface area (Å²) in [4.78, 5) is 26.9. The van der Waals surface area contributed by atoms with Crippen LogP contribution in [-0.2, 0) is 4.79 Å². The molecule has 1 amide bonds. The molecular weight excluding hydrogens is 367 g/mol. The van der Waals surface area contributed by atoms with Crippen LogP contribution in [0.3, 0.4) is 0 Å². The molecule has 1 aliphatic heterocycles. The maximum absolute atomic E-state index is 13.5. The van der Waals surface area contributed by atoms with E-state index < -0.39 is 11.8 Å². The van der Waals surface area contributed by atoms with Crippen molar-refractivity contribution in [3.05, 3.63) is 34.1 Å². The lowest BCUT2D eigenvalue weighted by Crippen LogP contribution is -2.37. The fraction of sp³-hybridized carbons (Fsp3) is 0.500. The van der Waals surface area contributed by atoms with Gasteiger partial charge in [0.15, 0.2) is 0 Å². The summed E-state index contributed by atoms with van der Waals surface area (Å²) >= 11 is 3.20. The predicted octanol–water partition coefficient (Wildman–Crippen LogP) is 2.60. The van der Waals surface area contributed by atoms with Gasteiger partial charge in [-0.25, -0.2) is 4.39 Å². The molecular formula is C16H20BrFN2O3. The van der Waals surface area contributed by atoms with Gasteiger partial charge in [0.05, 0.1) is 6.54 Å². The largest absolute Gasteiger partial charge is 0.480 e. The SMILES string of the molecule is CN(CC(=O)O)[C@@H]1CCCN(C(=O)c2cc(F)cc(Br)c2)CC1. The molecule has 1 N–H and O–H groups in total. The number of carboxylic acid groups (broad SMARTS) is 1. The van der Waals surface area contributed by atoms with Crippen LogP contribution in [-0.4, -0.2) is 59.5 Å². The fourth-order valence-electron chi connectivity index (χ4n) is 2.92. The van der Waals surface area contributed by atoms with Crippen molar-refractivity contribution in [3.63, 3.8) is 0 Å². The summed E-state index contributed by atoms with van der Waals surface area (Å²) in [6, 6.07) is 4.31. The summed E-state index contributed by atoms with van der Waals surface area (Å²) in [7, 11) is 1.79. The van der Waals surface area contributed by atoms with E-state index in [1.807, 2.05) is 4.90 Å². The number of amides is 1. The van der Waals surface area contributed by atoms with Crippen molar-refractivity contribution >= 4 is 27.8 Å². The van der Waals surface area contributed by atoms with Gasteiger partial charge in [0.1, 0.15) is 5.82 Å². The second-order valence-electron chi connectivity index (χ2n) is 5.84. The van der Waals surface area contributed by atoms with E-state index in [4.69, 9.17) is 5.11 Å². The van der Waals surface area contributed by atoms with Gasteiger partial charge in [-0.3, -0.25) is 14.5 Å². The lowest BCUT2D eigenvalue weighted by Gasteiger charge is -2.25. The number of carboxylic acids is 1. The standard InChI is InChI=1S/C16H20BrFN2O3/c1-19(10-15(21)22)14-3-2-5-20(6-4-14)16(23)11-7-12(17)9-13(18)8-11/h7-9,14H,2-6,10H2,1H3,(H,21,22)/t14-/m1/s1. The maximum Gasteiger partial charge on any atom is 0.317 e. The molecule has 0 spiro atoms. The molecule has 1 saturated heterocycles. The van der Waals surface area contributed by atoms with Crippen LogP contribution < -0.4 is 0 Å². The van der Waals surface area contributed by atoms with Gasteiger partial charge < -0.3 is 10.0 Å². The molecule has 1 aromatic carbocycles. The molecule has 23 heavy (non-hydrogen) atoms. The third-order valence-electron chi connectivity index (χ3n) is 4.10. The minimum atomic E-state index is -0.853. The van der Waals surface area contributed by atoms with Crippen LogP contribution in [0.1, 0.15) is 29.6 Å². The minimum absolute atomic E-state index is 0.00451. The zero-order valence-electron chi connectivity index (χ0n) is 13.0. The predicted molar refractivity (Wildman–Crippen MR) is 87.9 cm³/mol. The lowest BCUT2D eigenvalue weighted by molar-refractivity contribution is -0.138. The molecule has 0 aliphatic carbocycles. The van der Waals surface area contributed by atoms with E-state index >= 15 is 0 Å². The monoisotopic (exact) mass is 386 g/mol. The number of aliphatic carboxylic acids is 1.